The molecule has 1 aliphatic heterocycles. The van der Waals surface area contributed by atoms with Crippen LogP contribution in [-0.4, -0.2) is 27.2 Å². The van der Waals surface area contributed by atoms with Crippen LogP contribution in [0.3, 0.4) is 0 Å². The van der Waals surface area contributed by atoms with Gasteiger partial charge in [0.25, 0.3) is 0 Å². The molecule has 4 atom stereocenters. The van der Waals surface area contributed by atoms with E-state index in [0.29, 0.717) is 12.3 Å². The highest BCUT2D eigenvalue weighted by atomic mass is 16.2. The number of carbonyl (C=O) groups excluding carboxylic acids is 2. The summed E-state index contributed by atoms with van der Waals surface area (Å²) in [7, 11) is 0. The fraction of sp³-hybridized carbons (Fsp3) is 0.567. The van der Waals surface area contributed by atoms with Crippen LogP contribution in [0.25, 0.3) is 0 Å². The third-order valence-corrected chi connectivity index (χ3v) is 7.41. The second-order valence-corrected chi connectivity index (χ2v) is 12.0. The fourth-order valence-corrected chi connectivity index (χ4v) is 5.38. The van der Waals surface area contributed by atoms with Crippen LogP contribution < -0.4 is 0 Å². The lowest BCUT2D eigenvalue weighted by Crippen LogP contribution is -2.46. The summed E-state index contributed by atoms with van der Waals surface area (Å²) in [4.78, 5) is 33.1. The molecule has 34 heavy (non-hydrogen) atoms. The lowest BCUT2D eigenvalue weighted by molar-refractivity contribution is -0.145. The summed E-state index contributed by atoms with van der Waals surface area (Å²) in [5.41, 5.74) is 3.21. The maximum atomic E-state index is 13.8. The van der Waals surface area contributed by atoms with E-state index in [-0.39, 0.29) is 35.0 Å². The molecule has 1 aromatic heterocycles. The van der Waals surface area contributed by atoms with Crippen molar-refractivity contribution in [1.29, 1.82) is 0 Å². The number of amides is 2. The van der Waals surface area contributed by atoms with Crippen LogP contribution in [0.1, 0.15) is 103 Å². The standard InChI is InChI=1S/C30H42N2O2/c1-9-24(22-11-13-23(14-12-22)29(3,4)5)26-25(27(33)32(28(26)34)30(6,7)8)15-10-20(2)21-16-18-31-19-17-21/h11-14,16-20,24-26H,9-10,15H2,1-8H3. The zero-order chi connectivity index (χ0) is 25.3. The molecule has 4 heteroatoms. The lowest BCUT2D eigenvalue weighted by Gasteiger charge is -2.31. The van der Waals surface area contributed by atoms with Gasteiger partial charge in [-0.1, -0.05) is 58.9 Å². The van der Waals surface area contributed by atoms with E-state index in [4.69, 9.17) is 0 Å². The molecule has 1 aromatic carbocycles. The average molecular weight is 463 g/mol. The van der Waals surface area contributed by atoms with E-state index < -0.39 is 5.54 Å². The minimum absolute atomic E-state index is 0.00538. The molecule has 184 valence electrons. The predicted molar refractivity (Wildman–Crippen MR) is 139 cm³/mol. The third-order valence-electron chi connectivity index (χ3n) is 7.41. The molecule has 0 spiro atoms. The Hall–Kier alpha value is -2.49. The summed E-state index contributed by atoms with van der Waals surface area (Å²) in [6.07, 6.45) is 6.03. The number of benzene rings is 1. The van der Waals surface area contributed by atoms with Crippen molar-refractivity contribution in [1.82, 2.24) is 9.88 Å². The number of hydrogen-bond acceptors (Lipinski definition) is 3. The summed E-state index contributed by atoms with van der Waals surface area (Å²) in [6.45, 7) is 16.8. The SMILES string of the molecule is CCC(c1ccc(C(C)(C)C)cc1)C1C(=O)N(C(C)(C)C)C(=O)C1CCC(C)c1ccncc1. The largest absolute Gasteiger partial charge is 0.277 e. The number of hydrogen-bond donors (Lipinski definition) is 0. The van der Waals surface area contributed by atoms with Crippen molar-refractivity contribution in [3.8, 4) is 0 Å². The van der Waals surface area contributed by atoms with Gasteiger partial charge in [0.2, 0.25) is 11.8 Å². The normalized spacial score (nSPS) is 21.1. The van der Waals surface area contributed by atoms with Gasteiger partial charge in [-0.25, -0.2) is 0 Å². The van der Waals surface area contributed by atoms with Crippen molar-refractivity contribution < 1.29 is 9.59 Å². The van der Waals surface area contributed by atoms with Gasteiger partial charge >= 0.3 is 0 Å². The molecule has 4 nitrogen and oxygen atoms in total. The molecule has 0 bridgehead atoms. The molecular weight excluding hydrogens is 420 g/mol. The number of pyridine rings is 1. The van der Waals surface area contributed by atoms with Gasteiger partial charge < -0.3 is 0 Å². The molecule has 2 aromatic rings. The van der Waals surface area contributed by atoms with Gasteiger partial charge in [-0.3, -0.25) is 19.5 Å². The first kappa shape index (κ1) is 26.1. The summed E-state index contributed by atoms with van der Waals surface area (Å²) >= 11 is 0. The summed E-state index contributed by atoms with van der Waals surface area (Å²) < 4.78 is 0. The number of nitrogens with zero attached hydrogens (tertiary/aromatic N) is 2. The summed E-state index contributed by atoms with van der Waals surface area (Å²) in [6, 6.07) is 12.8. The molecule has 0 radical (unpaired) electrons. The highest BCUT2D eigenvalue weighted by Crippen LogP contribution is 2.45. The van der Waals surface area contributed by atoms with Crippen molar-refractivity contribution in [2.75, 3.05) is 0 Å². The van der Waals surface area contributed by atoms with Crippen LogP contribution in [0.15, 0.2) is 48.8 Å². The van der Waals surface area contributed by atoms with Crippen LogP contribution >= 0.6 is 0 Å². The molecule has 3 rings (SSSR count). The lowest BCUT2D eigenvalue weighted by atomic mass is 9.74. The molecule has 0 saturated carbocycles. The Kier molecular flexibility index (Phi) is 7.69. The summed E-state index contributed by atoms with van der Waals surface area (Å²) in [5, 5.41) is 0. The van der Waals surface area contributed by atoms with Crippen molar-refractivity contribution >= 4 is 11.8 Å². The first-order valence-electron chi connectivity index (χ1n) is 12.7. The molecule has 2 heterocycles. The van der Waals surface area contributed by atoms with Crippen LogP contribution in [0.4, 0.5) is 0 Å². The fourth-order valence-electron chi connectivity index (χ4n) is 5.38. The molecule has 4 unspecified atom stereocenters. The molecule has 1 fully saturated rings. The van der Waals surface area contributed by atoms with Crippen molar-refractivity contribution in [2.45, 2.75) is 97.4 Å². The van der Waals surface area contributed by atoms with E-state index in [0.717, 1.165) is 18.4 Å². The highest BCUT2D eigenvalue weighted by molar-refractivity contribution is 6.06. The Morgan fingerprint density at radius 1 is 0.882 bits per heavy atom. The minimum Gasteiger partial charge on any atom is -0.277 e. The number of imide groups is 1. The number of carbonyl (C=O) groups is 2. The van der Waals surface area contributed by atoms with E-state index in [2.05, 4.69) is 63.9 Å². The van der Waals surface area contributed by atoms with Crippen LogP contribution in [0.2, 0.25) is 0 Å². The second kappa shape index (κ2) is 10.0. The molecule has 2 amide bonds. The smallest absolute Gasteiger partial charge is 0.234 e. The first-order chi connectivity index (χ1) is 15.9. The molecule has 0 aliphatic carbocycles. The van der Waals surface area contributed by atoms with E-state index in [1.165, 1.54) is 11.1 Å². The van der Waals surface area contributed by atoms with Gasteiger partial charge in [0, 0.05) is 17.9 Å². The minimum atomic E-state index is -0.522. The maximum Gasteiger partial charge on any atom is 0.234 e. The molecule has 1 aliphatic rings. The van der Waals surface area contributed by atoms with Gasteiger partial charge in [-0.15, -0.1) is 0 Å². The van der Waals surface area contributed by atoms with Crippen LogP contribution in [-0.2, 0) is 15.0 Å². The van der Waals surface area contributed by atoms with Crippen molar-refractivity contribution in [3.63, 3.8) is 0 Å². The highest BCUT2D eigenvalue weighted by Gasteiger charge is 2.53. The quantitative estimate of drug-likeness (QED) is 0.423. The topological polar surface area (TPSA) is 50.3 Å². The summed E-state index contributed by atoms with van der Waals surface area (Å²) in [5.74, 6) is -0.287. The molecular formula is C30H42N2O2. The Balaban J connectivity index is 1.92. The number of aromatic nitrogens is 1. The monoisotopic (exact) mass is 462 g/mol. The third kappa shape index (κ3) is 5.42. The van der Waals surface area contributed by atoms with Gasteiger partial charge in [0.1, 0.15) is 0 Å². The van der Waals surface area contributed by atoms with Crippen LogP contribution in [0, 0.1) is 11.8 Å². The zero-order valence-electron chi connectivity index (χ0n) is 22.3. The van der Waals surface area contributed by atoms with Gasteiger partial charge in [0.05, 0.1) is 11.8 Å². The van der Waals surface area contributed by atoms with E-state index >= 15 is 0 Å². The van der Waals surface area contributed by atoms with Crippen molar-refractivity contribution in [2.24, 2.45) is 11.8 Å². The molecule has 0 N–H and O–H groups in total. The predicted octanol–water partition coefficient (Wildman–Crippen LogP) is 6.86. The van der Waals surface area contributed by atoms with Gasteiger partial charge in [-0.05, 0) is 86.1 Å². The van der Waals surface area contributed by atoms with E-state index in [9.17, 15) is 9.59 Å². The first-order valence-corrected chi connectivity index (χ1v) is 12.7. The Morgan fingerprint density at radius 3 is 1.97 bits per heavy atom. The zero-order valence-corrected chi connectivity index (χ0v) is 22.3. The molecule has 1 saturated heterocycles. The number of likely N-dealkylation sites (tertiary alicyclic amines) is 1. The maximum absolute atomic E-state index is 13.8. The van der Waals surface area contributed by atoms with Gasteiger partial charge in [0.15, 0.2) is 0 Å². The van der Waals surface area contributed by atoms with Crippen LogP contribution in [0.5, 0.6) is 0 Å². The van der Waals surface area contributed by atoms with E-state index in [1.54, 1.807) is 4.90 Å². The van der Waals surface area contributed by atoms with E-state index in [1.807, 2.05) is 45.3 Å². The second-order valence-electron chi connectivity index (χ2n) is 12.0. The Bertz CT molecular complexity index is 983. The Morgan fingerprint density at radius 2 is 1.47 bits per heavy atom. The Labute approximate surface area is 206 Å². The average Bonchev–Trinajstić information content (AvgIpc) is 3.02. The van der Waals surface area contributed by atoms with Crippen molar-refractivity contribution in [3.05, 3.63) is 65.5 Å². The number of rotatable bonds is 7. The van der Waals surface area contributed by atoms with Gasteiger partial charge in [-0.2, -0.15) is 0 Å².